The van der Waals surface area contributed by atoms with Crippen LogP contribution in [-0.2, 0) is 11.2 Å². The molecule has 2 saturated heterocycles. The van der Waals surface area contributed by atoms with Gasteiger partial charge in [-0.2, -0.15) is 13.2 Å². The number of aliphatic carboxylic acids is 1. The Hall–Kier alpha value is -2.66. The topological polar surface area (TPSA) is 89.9 Å². The van der Waals surface area contributed by atoms with E-state index in [9.17, 15) is 27.5 Å². The summed E-state index contributed by atoms with van der Waals surface area (Å²) in [5.41, 5.74) is 1.61. The lowest BCUT2D eigenvalue weighted by molar-refractivity contribution is -0.192. The summed E-state index contributed by atoms with van der Waals surface area (Å²) < 4.78 is 45.2. The second kappa shape index (κ2) is 10.5. The first-order valence-corrected chi connectivity index (χ1v) is 11.3. The van der Waals surface area contributed by atoms with Crippen LogP contribution in [0.1, 0.15) is 36.1 Å². The van der Waals surface area contributed by atoms with Crippen LogP contribution in [0.2, 0.25) is 0 Å². The SMILES string of the molecule is O=C(O)C(F)(F)F.O=C(O)N(CC1CC2CCC(C1)N2)c1ccsc1Cc1cccc(F)c1. The molecule has 3 N–H and O–H groups in total. The molecule has 0 aliphatic carbocycles. The van der Waals surface area contributed by atoms with Gasteiger partial charge in [0.05, 0.1) is 5.69 Å². The predicted octanol–water partition coefficient (Wildman–Crippen LogP) is 5.13. The van der Waals surface area contributed by atoms with Gasteiger partial charge in [0, 0.05) is 29.9 Å². The van der Waals surface area contributed by atoms with E-state index in [1.807, 2.05) is 17.5 Å². The van der Waals surface area contributed by atoms with E-state index in [1.54, 1.807) is 6.07 Å². The number of carboxylic acids is 1. The molecule has 33 heavy (non-hydrogen) atoms. The average molecular weight is 489 g/mol. The minimum Gasteiger partial charge on any atom is -0.475 e. The first kappa shape index (κ1) is 25.0. The van der Waals surface area contributed by atoms with Gasteiger partial charge < -0.3 is 15.5 Å². The number of alkyl halides is 3. The van der Waals surface area contributed by atoms with E-state index in [2.05, 4.69) is 5.32 Å². The largest absolute Gasteiger partial charge is 0.490 e. The molecule has 3 heterocycles. The summed E-state index contributed by atoms with van der Waals surface area (Å²) in [5, 5.41) is 22.5. The third kappa shape index (κ3) is 6.91. The molecule has 2 atom stereocenters. The number of anilines is 1. The highest BCUT2D eigenvalue weighted by Gasteiger charge is 2.38. The van der Waals surface area contributed by atoms with E-state index in [0.717, 1.165) is 29.0 Å². The number of hydrogen-bond donors (Lipinski definition) is 3. The molecule has 180 valence electrons. The summed E-state index contributed by atoms with van der Waals surface area (Å²) in [6, 6.07) is 9.47. The summed E-state index contributed by atoms with van der Waals surface area (Å²) in [7, 11) is 0. The Morgan fingerprint density at radius 2 is 1.76 bits per heavy atom. The van der Waals surface area contributed by atoms with Crippen LogP contribution in [-0.4, -0.2) is 47.1 Å². The number of halogens is 4. The number of nitrogens with one attached hydrogen (secondary N) is 1. The third-order valence-corrected chi connectivity index (χ3v) is 6.66. The summed E-state index contributed by atoms with van der Waals surface area (Å²) in [6.07, 6.45) is -0.941. The number of amides is 1. The average Bonchev–Trinajstić information content (AvgIpc) is 3.31. The molecule has 1 amide bonds. The fraction of sp³-hybridized carbons (Fsp3) is 0.455. The van der Waals surface area contributed by atoms with Crippen LogP contribution in [0.3, 0.4) is 0 Å². The van der Waals surface area contributed by atoms with E-state index in [0.29, 0.717) is 31.0 Å². The molecular weight excluding hydrogens is 464 g/mol. The quantitative estimate of drug-likeness (QED) is 0.508. The van der Waals surface area contributed by atoms with Crippen molar-refractivity contribution < 1.29 is 37.4 Å². The number of thiophene rings is 1. The van der Waals surface area contributed by atoms with E-state index < -0.39 is 18.2 Å². The van der Waals surface area contributed by atoms with Crippen molar-refractivity contribution in [2.45, 2.75) is 50.4 Å². The van der Waals surface area contributed by atoms with Gasteiger partial charge in [0.1, 0.15) is 5.82 Å². The highest BCUT2D eigenvalue weighted by Crippen LogP contribution is 2.34. The second-order valence-corrected chi connectivity index (χ2v) is 9.21. The zero-order valence-corrected chi connectivity index (χ0v) is 18.3. The first-order chi connectivity index (χ1) is 15.5. The van der Waals surface area contributed by atoms with Gasteiger partial charge in [0.15, 0.2) is 0 Å². The predicted molar refractivity (Wildman–Crippen MR) is 115 cm³/mol. The van der Waals surface area contributed by atoms with E-state index in [-0.39, 0.29) is 5.82 Å². The van der Waals surface area contributed by atoms with Crippen LogP contribution >= 0.6 is 11.3 Å². The molecule has 1 aromatic heterocycles. The number of fused-ring (bicyclic) bond motifs is 2. The summed E-state index contributed by atoms with van der Waals surface area (Å²) >= 11 is 1.53. The molecular formula is C22H24F4N2O4S. The minimum absolute atomic E-state index is 0.263. The van der Waals surface area contributed by atoms with Crippen molar-refractivity contribution >= 4 is 29.1 Å². The van der Waals surface area contributed by atoms with E-state index >= 15 is 0 Å². The molecule has 1 aromatic carbocycles. The van der Waals surface area contributed by atoms with Gasteiger partial charge in [-0.05, 0) is 60.7 Å². The second-order valence-electron chi connectivity index (χ2n) is 8.21. The Balaban J connectivity index is 0.000000383. The molecule has 11 heteroatoms. The van der Waals surface area contributed by atoms with Gasteiger partial charge in [-0.15, -0.1) is 11.3 Å². The van der Waals surface area contributed by atoms with E-state index in [4.69, 9.17) is 9.90 Å². The number of hydrogen-bond acceptors (Lipinski definition) is 4. The molecule has 0 radical (unpaired) electrons. The van der Waals surface area contributed by atoms with Crippen molar-refractivity contribution in [3.8, 4) is 0 Å². The smallest absolute Gasteiger partial charge is 0.475 e. The highest BCUT2D eigenvalue weighted by molar-refractivity contribution is 7.10. The number of nitrogens with zero attached hydrogens (tertiary/aromatic N) is 1. The molecule has 2 aromatic rings. The van der Waals surface area contributed by atoms with Gasteiger partial charge >= 0.3 is 18.2 Å². The molecule has 4 rings (SSSR count). The number of benzene rings is 1. The summed E-state index contributed by atoms with van der Waals surface area (Å²) in [4.78, 5) is 23.3. The fourth-order valence-electron chi connectivity index (χ4n) is 4.40. The van der Waals surface area contributed by atoms with Crippen molar-refractivity contribution in [2.75, 3.05) is 11.4 Å². The van der Waals surface area contributed by atoms with Crippen molar-refractivity contribution in [3.63, 3.8) is 0 Å². The summed E-state index contributed by atoms with van der Waals surface area (Å²) in [5.74, 6) is -2.62. The van der Waals surface area contributed by atoms with Gasteiger partial charge in [0.2, 0.25) is 0 Å². The van der Waals surface area contributed by atoms with E-state index in [1.165, 1.54) is 41.2 Å². The number of piperidine rings is 1. The lowest BCUT2D eigenvalue weighted by Gasteiger charge is -2.32. The Morgan fingerprint density at radius 1 is 1.12 bits per heavy atom. The van der Waals surface area contributed by atoms with Crippen LogP contribution in [0.15, 0.2) is 35.7 Å². The van der Waals surface area contributed by atoms with Crippen LogP contribution in [0.25, 0.3) is 0 Å². The summed E-state index contributed by atoms with van der Waals surface area (Å²) in [6.45, 7) is 0.539. The van der Waals surface area contributed by atoms with Crippen LogP contribution in [0.4, 0.5) is 28.0 Å². The standard InChI is InChI=1S/C20H23FN2O2S.C2HF3O2/c21-15-3-1-2-13(8-15)11-19-18(6-7-26-19)23(20(24)25)12-14-9-16-4-5-17(10-14)22-16;3-2(4,5)1(6)7/h1-3,6-8,14,16-17,22H,4-5,9-12H2,(H,24,25);(H,6,7). The first-order valence-electron chi connectivity index (χ1n) is 10.4. The monoisotopic (exact) mass is 488 g/mol. The zero-order chi connectivity index (χ0) is 24.2. The molecule has 2 aliphatic heterocycles. The number of rotatable bonds is 5. The fourth-order valence-corrected chi connectivity index (χ4v) is 5.31. The maximum Gasteiger partial charge on any atom is 0.490 e. The number of carbonyl (C=O) groups is 2. The molecule has 0 spiro atoms. The Morgan fingerprint density at radius 3 is 2.30 bits per heavy atom. The van der Waals surface area contributed by atoms with Gasteiger partial charge in [-0.25, -0.2) is 14.0 Å². The maximum atomic E-state index is 13.5. The lowest BCUT2D eigenvalue weighted by Crippen LogP contribution is -2.43. The van der Waals surface area contributed by atoms with Crippen LogP contribution in [0, 0.1) is 11.7 Å². The van der Waals surface area contributed by atoms with Crippen LogP contribution < -0.4 is 10.2 Å². The highest BCUT2D eigenvalue weighted by atomic mass is 32.1. The van der Waals surface area contributed by atoms with Crippen molar-refractivity contribution in [1.29, 1.82) is 0 Å². The van der Waals surface area contributed by atoms with Crippen molar-refractivity contribution in [2.24, 2.45) is 5.92 Å². The Kier molecular flexibility index (Phi) is 7.96. The van der Waals surface area contributed by atoms with Gasteiger partial charge in [-0.1, -0.05) is 12.1 Å². The Labute approximate surface area is 191 Å². The van der Waals surface area contributed by atoms with Gasteiger partial charge in [0.25, 0.3) is 0 Å². The molecule has 6 nitrogen and oxygen atoms in total. The van der Waals surface area contributed by atoms with Gasteiger partial charge in [-0.3, -0.25) is 4.90 Å². The third-order valence-electron chi connectivity index (χ3n) is 5.75. The number of carboxylic acid groups (broad SMARTS) is 2. The van der Waals surface area contributed by atoms with Crippen molar-refractivity contribution in [3.05, 3.63) is 52.0 Å². The normalized spacial score (nSPS) is 21.8. The van der Waals surface area contributed by atoms with Crippen LogP contribution in [0.5, 0.6) is 0 Å². The minimum atomic E-state index is -5.08. The molecule has 0 saturated carbocycles. The zero-order valence-electron chi connectivity index (χ0n) is 17.5. The molecule has 2 unspecified atom stereocenters. The maximum absolute atomic E-state index is 13.5. The Bertz CT molecular complexity index is 969. The molecule has 2 fully saturated rings. The lowest BCUT2D eigenvalue weighted by atomic mass is 9.92. The molecule has 2 aliphatic rings. The molecule has 2 bridgehead atoms. The van der Waals surface area contributed by atoms with Crippen molar-refractivity contribution in [1.82, 2.24) is 5.32 Å².